The summed E-state index contributed by atoms with van der Waals surface area (Å²) in [4.78, 5) is 2.00. The molecule has 1 saturated carbocycles. The number of alkyl halides is 2. The van der Waals surface area contributed by atoms with Crippen LogP contribution < -0.4 is 5.32 Å². The summed E-state index contributed by atoms with van der Waals surface area (Å²) in [5.41, 5.74) is 0.582. The highest BCUT2D eigenvalue weighted by atomic mass is 19.3. The number of halogens is 2. The minimum Gasteiger partial charge on any atom is -0.346 e. The molecule has 0 unspecified atom stereocenters. The molecule has 17 heavy (non-hydrogen) atoms. The highest BCUT2D eigenvalue weighted by Gasteiger charge is 2.48. The first-order valence-electron chi connectivity index (χ1n) is 7.02. The molecule has 0 amide bonds. The number of nitrogens with two attached hydrogens (primary N) is 1. The van der Waals surface area contributed by atoms with Crippen LogP contribution in [0.3, 0.4) is 0 Å². The first-order chi connectivity index (χ1) is 8.09. The molecule has 2 N–H and O–H groups in total. The Morgan fingerprint density at radius 2 is 1.53 bits per heavy atom. The van der Waals surface area contributed by atoms with Gasteiger partial charge in [-0.2, -0.15) is 0 Å². The van der Waals surface area contributed by atoms with Crippen LogP contribution in [0.5, 0.6) is 0 Å². The number of nitrogens with zero attached hydrogens (tertiary/aromatic N) is 1. The van der Waals surface area contributed by atoms with Gasteiger partial charge in [0.05, 0.1) is 26.2 Å². The minimum atomic E-state index is -2.39. The van der Waals surface area contributed by atoms with Gasteiger partial charge in [0.25, 0.3) is 5.92 Å². The summed E-state index contributed by atoms with van der Waals surface area (Å²) in [6.45, 7) is 2.57. The van der Waals surface area contributed by atoms with Crippen molar-refractivity contribution >= 4 is 0 Å². The second-order valence-electron chi connectivity index (χ2n) is 6.36. The lowest BCUT2D eigenvalue weighted by Crippen LogP contribution is -2.87. The van der Waals surface area contributed by atoms with E-state index in [1.54, 1.807) is 0 Å². The Hall–Kier alpha value is -0.220. The third kappa shape index (κ3) is 2.34. The lowest BCUT2D eigenvalue weighted by atomic mass is 9.67. The summed E-state index contributed by atoms with van der Waals surface area (Å²) in [6.07, 6.45) is 7.53. The molecule has 2 saturated heterocycles. The smallest absolute Gasteiger partial charge is 0.272 e. The predicted octanol–water partition coefficient (Wildman–Crippen LogP) is 1.22. The van der Waals surface area contributed by atoms with Gasteiger partial charge in [-0.25, -0.2) is 8.78 Å². The number of piperidine rings is 1. The van der Waals surface area contributed by atoms with E-state index in [1.807, 2.05) is 4.90 Å². The molecule has 98 valence electrons. The van der Waals surface area contributed by atoms with Gasteiger partial charge in [0, 0.05) is 18.9 Å². The topological polar surface area (TPSA) is 19.9 Å². The molecule has 1 spiro atoms. The van der Waals surface area contributed by atoms with Crippen molar-refractivity contribution in [1.82, 2.24) is 4.90 Å². The fourth-order valence-corrected chi connectivity index (χ4v) is 3.97. The zero-order valence-electron chi connectivity index (χ0n) is 10.4. The molecule has 0 aromatic carbocycles. The van der Waals surface area contributed by atoms with Crippen LogP contribution in [0.1, 0.15) is 38.5 Å². The third-order valence-corrected chi connectivity index (χ3v) is 5.16. The van der Waals surface area contributed by atoms with Crippen molar-refractivity contribution in [2.45, 2.75) is 50.5 Å². The number of hydrogen-bond acceptors (Lipinski definition) is 1. The average molecular weight is 245 g/mol. The Bertz CT molecular complexity index is 269. The second-order valence-corrected chi connectivity index (χ2v) is 6.36. The Morgan fingerprint density at radius 3 is 2.06 bits per heavy atom. The van der Waals surface area contributed by atoms with Gasteiger partial charge in [-0.05, 0) is 31.1 Å². The van der Waals surface area contributed by atoms with Crippen molar-refractivity contribution in [3.63, 3.8) is 0 Å². The summed E-state index contributed by atoms with van der Waals surface area (Å²) >= 11 is 0. The van der Waals surface area contributed by atoms with E-state index in [0.29, 0.717) is 11.5 Å². The monoisotopic (exact) mass is 245 g/mol. The van der Waals surface area contributed by atoms with E-state index in [4.69, 9.17) is 0 Å². The van der Waals surface area contributed by atoms with Gasteiger partial charge >= 0.3 is 0 Å². The number of likely N-dealkylation sites (tertiary alicyclic amines) is 1. The van der Waals surface area contributed by atoms with Crippen LogP contribution in [0.2, 0.25) is 0 Å². The molecule has 3 rings (SSSR count). The Balaban J connectivity index is 1.51. The van der Waals surface area contributed by atoms with Gasteiger partial charge in [-0.1, -0.05) is 0 Å². The van der Waals surface area contributed by atoms with Crippen molar-refractivity contribution in [3.8, 4) is 0 Å². The van der Waals surface area contributed by atoms with E-state index in [-0.39, 0.29) is 13.1 Å². The average Bonchev–Trinajstić information content (AvgIpc) is 2.28. The van der Waals surface area contributed by atoms with Gasteiger partial charge in [-0.3, -0.25) is 4.90 Å². The number of hydrogen-bond donors (Lipinski definition) is 1. The Labute approximate surface area is 102 Å². The molecule has 1 aliphatic carbocycles. The molecule has 0 aromatic heterocycles. The van der Waals surface area contributed by atoms with Crippen LogP contribution in [0.4, 0.5) is 8.78 Å². The molecule has 0 bridgehead atoms. The van der Waals surface area contributed by atoms with Gasteiger partial charge in [0.2, 0.25) is 0 Å². The number of rotatable bonds is 1. The molecule has 3 fully saturated rings. The second kappa shape index (κ2) is 4.16. The fourth-order valence-electron chi connectivity index (χ4n) is 3.97. The Morgan fingerprint density at radius 1 is 0.941 bits per heavy atom. The molecule has 4 heteroatoms. The molecule has 2 aliphatic heterocycles. The molecular formula is C13H23F2N2+. The van der Waals surface area contributed by atoms with E-state index in [9.17, 15) is 8.78 Å². The molecule has 2 heterocycles. The first-order valence-corrected chi connectivity index (χ1v) is 7.02. The van der Waals surface area contributed by atoms with E-state index >= 15 is 0 Å². The summed E-state index contributed by atoms with van der Waals surface area (Å²) in [5, 5.41) is 2.41. The highest BCUT2D eigenvalue weighted by Crippen LogP contribution is 2.45. The minimum absolute atomic E-state index is 0.0123. The quantitative estimate of drug-likeness (QED) is 0.736. The SMILES string of the molecule is FC1(F)CN(C2CCC3(CC[NH2+]CC3)CC2)C1. The van der Waals surface area contributed by atoms with E-state index < -0.39 is 5.92 Å². The van der Waals surface area contributed by atoms with Crippen LogP contribution in [0.25, 0.3) is 0 Å². The van der Waals surface area contributed by atoms with Crippen LogP contribution in [-0.2, 0) is 0 Å². The Kier molecular flexibility index (Phi) is 2.90. The zero-order chi connectivity index (χ0) is 11.9. The van der Waals surface area contributed by atoms with Gasteiger partial charge in [-0.15, -0.1) is 0 Å². The normalized spacial score (nSPS) is 33.5. The molecule has 0 aromatic rings. The molecule has 2 nitrogen and oxygen atoms in total. The maximum Gasteiger partial charge on any atom is 0.272 e. The van der Waals surface area contributed by atoms with E-state index in [1.165, 1.54) is 38.8 Å². The van der Waals surface area contributed by atoms with Crippen molar-refractivity contribution in [2.75, 3.05) is 26.2 Å². The summed E-state index contributed by atoms with van der Waals surface area (Å²) in [5.74, 6) is -2.39. The molecule has 3 aliphatic rings. The van der Waals surface area contributed by atoms with Crippen molar-refractivity contribution in [2.24, 2.45) is 5.41 Å². The zero-order valence-corrected chi connectivity index (χ0v) is 10.4. The highest BCUT2D eigenvalue weighted by molar-refractivity contribution is 4.96. The lowest BCUT2D eigenvalue weighted by molar-refractivity contribution is -0.668. The summed E-state index contributed by atoms with van der Waals surface area (Å²) in [6, 6.07) is 0.450. The maximum absolute atomic E-state index is 12.8. The van der Waals surface area contributed by atoms with Crippen LogP contribution in [0, 0.1) is 5.41 Å². The van der Waals surface area contributed by atoms with Crippen molar-refractivity contribution in [1.29, 1.82) is 0 Å². The summed E-state index contributed by atoms with van der Waals surface area (Å²) < 4.78 is 25.7. The van der Waals surface area contributed by atoms with Crippen LogP contribution >= 0.6 is 0 Å². The van der Waals surface area contributed by atoms with Gasteiger partial charge in [0.15, 0.2) is 0 Å². The molecular weight excluding hydrogens is 222 g/mol. The largest absolute Gasteiger partial charge is 0.346 e. The first kappa shape index (κ1) is 11.8. The van der Waals surface area contributed by atoms with E-state index in [0.717, 1.165) is 12.8 Å². The number of quaternary nitrogens is 1. The standard InChI is InChI=1S/C13H22F2N2/c14-13(15)9-17(10-13)11-1-3-12(4-2-11)5-7-16-8-6-12/h11,16H,1-10H2/p+1. The predicted molar refractivity (Wildman–Crippen MR) is 62.1 cm³/mol. The molecule has 0 radical (unpaired) electrons. The van der Waals surface area contributed by atoms with Crippen LogP contribution in [-0.4, -0.2) is 43.0 Å². The van der Waals surface area contributed by atoms with Crippen molar-refractivity contribution < 1.29 is 14.1 Å². The van der Waals surface area contributed by atoms with Gasteiger partial charge < -0.3 is 5.32 Å². The summed E-state index contributed by atoms with van der Waals surface area (Å²) in [7, 11) is 0. The van der Waals surface area contributed by atoms with E-state index in [2.05, 4.69) is 5.32 Å². The third-order valence-electron chi connectivity index (χ3n) is 5.16. The lowest BCUT2D eigenvalue weighted by Gasteiger charge is -2.49. The van der Waals surface area contributed by atoms with Gasteiger partial charge in [0.1, 0.15) is 0 Å². The maximum atomic E-state index is 12.8. The fraction of sp³-hybridized carbons (Fsp3) is 1.00. The van der Waals surface area contributed by atoms with Crippen molar-refractivity contribution in [3.05, 3.63) is 0 Å². The molecule has 0 atom stereocenters. The van der Waals surface area contributed by atoms with Crippen LogP contribution in [0.15, 0.2) is 0 Å².